The molecular weight excluding hydrogens is 272 g/mol. The normalized spacial score (nSPS) is 26.4. The van der Waals surface area contributed by atoms with Crippen LogP contribution in [0, 0.1) is 0 Å². The lowest BCUT2D eigenvalue weighted by molar-refractivity contribution is 0.685. The number of hydrogen-bond donors (Lipinski definition) is 1. The van der Waals surface area contributed by atoms with E-state index >= 15 is 0 Å². The van der Waals surface area contributed by atoms with Crippen molar-refractivity contribution in [2.45, 2.75) is 30.1 Å². The lowest BCUT2D eigenvalue weighted by atomic mass is 10.1. The maximum Gasteiger partial charge on any atom is 0.156 e. The number of nitrogens with one attached hydrogen (secondary N) is 1. The lowest BCUT2D eigenvalue weighted by Gasteiger charge is -2.11. The Bertz CT molecular complexity index is 454. The van der Waals surface area contributed by atoms with Crippen LogP contribution in [0.1, 0.15) is 18.4 Å². The van der Waals surface area contributed by atoms with Gasteiger partial charge in [0.1, 0.15) is 0 Å². The van der Waals surface area contributed by atoms with Crippen LogP contribution in [0.4, 0.5) is 0 Å². The first-order chi connectivity index (χ1) is 9.30. The molecule has 1 N–H and O–H groups in total. The Balaban J connectivity index is 1.51. The number of nitrogens with zero attached hydrogens (tertiary/aromatic N) is 1. The molecule has 2 nitrogen and oxygen atoms in total. The Labute approximate surface area is 123 Å². The van der Waals surface area contributed by atoms with Crippen LogP contribution in [0.2, 0.25) is 0 Å². The van der Waals surface area contributed by atoms with Crippen LogP contribution >= 0.6 is 23.5 Å². The van der Waals surface area contributed by atoms with Crippen molar-refractivity contribution in [3.63, 3.8) is 0 Å². The Kier molecular flexibility index (Phi) is 4.08. The molecule has 1 saturated heterocycles. The molecule has 1 aliphatic carbocycles. The fraction of sp³-hybridized carbons (Fsp3) is 0.533. The first kappa shape index (κ1) is 13.4. The number of benzene rings is 1. The van der Waals surface area contributed by atoms with Gasteiger partial charge in [0.25, 0.3) is 0 Å². The zero-order valence-electron chi connectivity index (χ0n) is 11.3. The predicted octanol–water partition coefficient (Wildman–Crippen LogP) is 3.19. The molecule has 3 rings (SSSR count). The highest BCUT2D eigenvalue weighted by atomic mass is 32.2. The van der Waals surface area contributed by atoms with E-state index in [0.717, 1.165) is 23.9 Å². The molecule has 0 amide bonds. The van der Waals surface area contributed by atoms with Gasteiger partial charge in [-0.05, 0) is 31.1 Å². The van der Waals surface area contributed by atoms with Crippen LogP contribution in [0.15, 0.2) is 35.3 Å². The summed E-state index contributed by atoms with van der Waals surface area (Å²) in [5, 5.41) is 4.72. The van der Waals surface area contributed by atoms with E-state index in [1.54, 1.807) is 0 Å². The molecule has 1 saturated carbocycles. The third kappa shape index (κ3) is 3.48. The van der Waals surface area contributed by atoms with Gasteiger partial charge in [0, 0.05) is 16.5 Å². The van der Waals surface area contributed by atoms with Gasteiger partial charge in [-0.2, -0.15) is 11.8 Å². The van der Waals surface area contributed by atoms with Crippen LogP contribution in [-0.4, -0.2) is 34.5 Å². The van der Waals surface area contributed by atoms with Gasteiger partial charge >= 0.3 is 0 Å². The summed E-state index contributed by atoms with van der Waals surface area (Å²) in [6.07, 6.45) is 5.98. The summed E-state index contributed by atoms with van der Waals surface area (Å²) >= 11 is 3.86. The van der Waals surface area contributed by atoms with E-state index in [4.69, 9.17) is 4.99 Å². The summed E-state index contributed by atoms with van der Waals surface area (Å²) in [6, 6.07) is 11.2. The van der Waals surface area contributed by atoms with Gasteiger partial charge < -0.3 is 5.32 Å². The summed E-state index contributed by atoms with van der Waals surface area (Å²) in [6.45, 7) is 0.988. The van der Waals surface area contributed by atoms with Crippen molar-refractivity contribution in [2.24, 2.45) is 4.99 Å². The summed E-state index contributed by atoms with van der Waals surface area (Å²) < 4.78 is 0.479. The SMILES string of the molecule is CSC1(CN=C2NC(Cc3ccccc3)CS2)CC1. The van der Waals surface area contributed by atoms with Gasteiger partial charge in [-0.25, -0.2) is 0 Å². The molecule has 1 aliphatic heterocycles. The van der Waals surface area contributed by atoms with Gasteiger partial charge in [0.15, 0.2) is 5.17 Å². The largest absolute Gasteiger partial charge is 0.361 e. The van der Waals surface area contributed by atoms with E-state index in [-0.39, 0.29) is 0 Å². The van der Waals surface area contributed by atoms with E-state index in [9.17, 15) is 0 Å². The molecule has 1 atom stereocenters. The van der Waals surface area contributed by atoms with Crippen LogP contribution in [0.25, 0.3) is 0 Å². The van der Waals surface area contributed by atoms with E-state index < -0.39 is 0 Å². The highest BCUT2D eigenvalue weighted by molar-refractivity contribution is 8.14. The van der Waals surface area contributed by atoms with Gasteiger partial charge in [-0.15, -0.1) is 0 Å². The van der Waals surface area contributed by atoms with Crippen molar-refractivity contribution in [1.82, 2.24) is 5.32 Å². The number of rotatable bonds is 5. The number of thioether (sulfide) groups is 2. The summed E-state index contributed by atoms with van der Waals surface area (Å²) in [5.74, 6) is 1.14. The molecule has 0 radical (unpaired) electrons. The molecule has 0 spiro atoms. The fourth-order valence-corrected chi connectivity index (χ4v) is 3.99. The second kappa shape index (κ2) is 5.80. The van der Waals surface area contributed by atoms with Crippen molar-refractivity contribution in [3.8, 4) is 0 Å². The Morgan fingerprint density at radius 3 is 2.84 bits per heavy atom. The molecule has 19 heavy (non-hydrogen) atoms. The van der Waals surface area contributed by atoms with Crippen molar-refractivity contribution in [1.29, 1.82) is 0 Å². The van der Waals surface area contributed by atoms with E-state index in [1.807, 2.05) is 23.5 Å². The van der Waals surface area contributed by atoms with Crippen molar-refractivity contribution < 1.29 is 0 Å². The Hall–Kier alpha value is -0.610. The van der Waals surface area contributed by atoms with Crippen molar-refractivity contribution in [3.05, 3.63) is 35.9 Å². The third-order valence-corrected chi connectivity index (χ3v) is 6.32. The first-order valence-corrected chi connectivity index (χ1v) is 9.04. The van der Waals surface area contributed by atoms with Gasteiger partial charge in [-0.3, -0.25) is 4.99 Å². The second-order valence-corrected chi connectivity index (χ2v) is 7.63. The molecule has 1 unspecified atom stereocenters. The van der Waals surface area contributed by atoms with Crippen LogP contribution in [0.3, 0.4) is 0 Å². The van der Waals surface area contributed by atoms with Gasteiger partial charge in [0.2, 0.25) is 0 Å². The maximum atomic E-state index is 4.77. The quantitative estimate of drug-likeness (QED) is 0.902. The monoisotopic (exact) mass is 292 g/mol. The van der Waals surface area contributed by atoms with E-state index in [1.165, 1.54) is 18.4 Å². The zero-order valence-corrected chi connectivity index (χ0v) is 12.9. The van der Waals surface area contributed by atoms with Gasteiger partial charge in [0.05, 0.1) is 6.54 Å². The van der Waals surface area contributed by atoms with E-state index in [2.05, 4.69) is 41.9 Å². The molecule has 4 heteroatoms. The zero-order chi connectivity index (χ0) is 13.1. The van der Waals surface area contributed by atoms with Gasteiger partial charge in [-0.1, -0.05) is 42.1 Å². The number of aliphatic imine (C=N–C) groups is 1. The summed E-state index contributed by atoms with van der Waals surface area (Å²) in [5.41, 5.74) is 1.41. The van der Waals surface area contributed by atoms with Crippen LogP contribution in [0.5, 0.6) is 0 Å². The fourth-order valence-electron chi connectivity index (χ4n) is 2.32. The first-order valence-electron chi connectivity index (χ1n) is 6.83. The van der Waals surface area contributed by atoms with Crippen molar-refractivity contribution in [2.75, 3.05) is 18.6 Å². The molecule has 2 fully saturated rings. The minimum absolute atomic E-state index is 0.479. The van der Waals surface area contributed by atoms with Crippen LogP contribution in [-0.2, 0) is 6.42 Å². The molecule has 1 heterocycles. The molecule has 1 aromatic carbocycles. The van der Waals surface area contributed by atoms with Crippen molar-refractivity contribution >= 4 is 28.7 Å². The minimum Gasteiger partial charge on any atom is -0.361 e. The Morgan fingerprint density at radius 2 is 2.16 bits per heavy atom. The molecule has 0 aromatic heterocycles. The van der Waals surface area contributed by atoms with E-state index in [0.29, 0.717) is 10.8 Å². The minimum atomic E-state index is 0.479. The summed E-state index contributed by atoms with van der Waals surface area (Å²) in [4.78, 5) is 4.77. The Morgan fingerprint density at radius 1 is 1.37 bits per heavy atom. The predicted molar refractivity (Wildman–Crippen MR) is 87.3 cm³/mol. The highest BCUT2D eigenvalue weighted by Gasteiger charge is 2.41. The molecule has 1 aromatic rings. The second-order valence-electron chi connectivity index (χ2n) is 5.35. The topological polar surface area (TPSA) is 24.4 Å². The van der Waals surface area contributed by atoms with Crippen LogP contribution < -0.4 is 5.32 Å². The average Bonchev–Trinajstić information content (AvgIpc) is 3.11. The summed E-state index contributed by atoms with van der Waals surface area (Å²) in [7, 11) is 0. The number of hydrogen-bond acceptors (Lipinski definition) is 3. The smallest absolute Gasteiger partial charge is 0.156 e. The third-order valence-electron chi connectivity index (χ3n) is 3.83. The molecule has 102 valence electrons. The molecule has 2 aliphatic rings. The maximum absolute atomic E-state index is 4.77. The number of amidine groups is 1. The average molecular weight is 292 g/mol. The molecular formula is C15H20N2S2. The molecule has 0 bridgehead atoms. The lowest BCUT2D eigenvalue weighted by Crippen LogP contribution is -2.29. The standard InChI is InChI=1S/C15H20N2S2/c1-18-15(7-8-15)11-16-14-17-13(10-19-14)9-12-5-3-2-4-6-12/h2-6,13H,7-11H2,1H3,(H,16,17). The highest BCUT2D eigenvalue weighted by Crippen LogP contribution is 2.47.